The lowest BCUT2D eigenvalue weighted by Crippen LogP contribution is -2.60. The van der Waals surface area contributed by atoms with E-state index < -0.39 is 21.3 Å². The second kappa shape index (κ2) is 2.30. The molecule has 0 bridgehead atoms. The first-order valence-corrected chi connectivity index (χ1v) is 3.96. The van der Waals surface area contributed by atoms with E-state index in [0.29, 0.717) is 0 Å². The Morgan fingerprint density at radius 3 is 1.56 bits per heavy atom. The molecule has 0 aromatic rings. The van der Waals surface area contributed by atoms with E-state index in [1.165, 1.54) is 0 Å². The van der Waals surface area contributed by atoms with Crippen molar-refractivity contribution < 1.29 is 4.39 Å². The molecule has 1 fully saturated rings. The van der Waals surface area contributed by atoms with E-state index in [1.54, 1.807) is 0 Å². The van der Waals surface area contributed by atoms with Crippen LogP contribution in [0.25, 0.3) is 0 Å². The first-order valence-electron chi connectivity index (χ1n) is 2.28. The van der Waals surface area contributed by atoms with E-state index in [1.807, 2.05) is 0 Å². The van der Waals surface area contributed by atoms with Gasteiger partial charge in [0.2, 0.25) is 5.13 Å². The van der Waals surface area contributed by atoms with Crippen LogP contribution >= 0.6 is 46.4 Å². The highest BCUT2D eigenvalue weighted by Crippen LogP contribution is 2.50. The van der Waals surface area contributed by atoms with Gasteiger partial charge in [-0.15, -0.1) is 34.8 Å². The normalized spacial score (nSPS) is 59.0. The van der Waals surface area contributed by atoms with E-state index in [9.17, 15) is 4.39 Å². The Labute approximate surface area is 72.2 Å². The molecule has 1 aliphatic rings. The second-order valence-corrected chi connectivity index (χ2v) is 3.95. The highest BCUT2D eigenvalue weighted by Gasteiger charge is 2.61. The van der Waals surface area contributed by atoms with Crippen LogP contribution in [-0.2, 0) is 0 Å². The van der Waals surface area contributed by atoms with Crippen molar-refractivity contribution in [2.75, 3.05) is 0 Å². The van der Waals surface area contributed by atoms with E-state index in [4.69, 9.17) is 46.4 Å². The zero-order valence-electron chi connectivity index (χ0n) is 4.12. The van der Waals surface area contributed by atoms with E-state index in [2.05, 4.69) is 0 Å². The smallest absolute Gasteiger partial charge is 0.218 e. The lowest BCUT2D eigenvalue weighted by Gasteiger charge is -2.43. The molecule has 0 spiro atoms. The van der Waals surface area contributed by atoms with Crippen molar-refractivity contribution in [3.8, 4) is 0 Å². The topological polar surface area (TPSA) is 0 Å². The number of hydrogen-bond donors (Lipinski definition) is 0. The fourth-order valence-electron chi connectivity index (χ4n) is 0.606. The number of rotatable bonds is 0. The van der Waals surface area contributed by atoms with Crippen LogP contribution in [0.4, 0.5) is 4.39 Å². The largest absolute Gasteiger partial charge is 0.223 e. The van der Waals surface area contributed by atoms with Gasteiger partial charge < -0.3 is 0 Å². The standard InChI is InChI=1S/C4H3Cl4F/c5-1-2(6)4(8,9)3(1)7/h1-3H. The molecule has 0 N–H and O–H groups in total. The van der Waals surface area contributed by atoms with Gasteiger partial charge in [-0.1, -0.05) is 11.6 Å². The van der Waals surface area contributed by atoms with Crippen LogP contribution in [0.3, 0.4) is 0 Å². The molecule has 1 rings (SSSR count). The molecule has 0 heterocycles. The highest BCUT2D eigenvalue weighted by molar-refractivity contribution is 6.46. The third-order valence-electron chi connectivity index (χ3n) is 1.29. The zero-order chi connectivity index (χ0) is 7.23. The summed E-state index contributed by atoms with van der Waals surface area (Å²) < 4.78 is 12.7. The fraction of sp³-hybridized carbons (Fsp3) is 1.00. The maximum atomic E-state index is 12.7. The summed E-state index contributed by atoms with van der Waals surface area (Å²) >= 11 is 21.4. The summed E-state index contributed by atoms with van der Waals surface area (Å²) in [5, 5.41) is -4.32. The monoisotopic (exact) mass is 210 g/mol. The molecule has 0 saturated heterocycles. The average molecular weight is 212 g/mol. The van der Waals surface area contributed by atoms with Crippen molar-refractivity contribution in [1.82, 2.24) is 0 Å². The number of alkyl halides is 5. The SMILES string of the molecule is FC1(Cl)C(Cl)C(Cl)C1Cl. The number of halogens is 5. The van der Waals surface area contributed by atoms with Gasteiger partial charge in [-0.2, -0.15) is 0 Å². The van der Waals surface area contributed by atoms with Crippen molar-refractivity contribution in [2.45, 2.75) is 21.3 Å². The lowest BCUT2D eigenvalue weighted by atomic mass is 9.94. The molecular formula is C4H3Cl4F. The maximum absolute atomic E-state index is 12.7. The summed E-state index contributed by atoms with van der Waals surface area (Å²) in [5.41, 5.74) is 0. The summed E-state index contributed by atoms with van der Waals surface area (Å²) in [5.74, 6) is 0. The van der Waals surface area contributed by atoms with Crippen LogP contribution in [0.1, 0.15) is 0 Å². The third-order valence-corrected chi connectivity index (χ3v) is 3.93. The quantitative estimate of drug-likeness (QED) is 0.541. The van der Waals surface area contributed by atoms with Crippen molar-refractivity contribution in [1.29, 1.82) is 0 Å². The minimum atomic E-state index is -2.02. The maximum Gasteiger partial charge on any atom is 0.218 e. The molecule has 0 nitrogen and oxygen atoms in total. The molecule has 1 saturated carbocycles. The van der Waals surface area contributed by atoms with Crippen LogP contribution < -0.4 is 0 Å². The minimum Gasteiger partial charge on any atom is -0.223 e. The van der Waals surface area contributed by atoms with Gasteiger partial charge in [-0.05, 0) is 0 Å². The molecule has 0 aliphatic heterocycles. The first-order chi connectivity index (χ1) is 3.98. The Kier molecular flexibility index (Phi) is 2.09. The summed E-state index contributed by atoms with van der Waals surface area (Å²) in [7, 11) is 0. The Morgan fingerprint density at radius 2 is 1.44 bits per heavy atom. The predicted octanol–water partition coefficient (Wildman–Crippen LogP) is 2.73. The molecule has 0 amide bonds. The van der Waals surface area contributed by atoms with Crippen molar-refractivity contribution >= 4 is 46.4 Å². The van der Waals surface area contributed by atoms with Crippen LogP contribution in [0.5, 0.6) is 0 Å². The van der Waals surface area contributed by atoms with Gasteiger partial charge in [-0.25, -0.2) is 4.39 Å². The molecule has 2 unspecified atom stereocenters. The molecule has 0 aromatic heterocycles. The van der Waals surface area contributed by atoms with Crippen LogP contribution in [-0.4, -0.2) is 21.3 Å². The molecule has 5 heteroatoms. The van der Waals surface area contributed by atoms with Gasteiger partial charge >= 0.3 is 0 Å². The van der Waals surface area contributed by atoms with E-state index >= 15 is 0 Å². The zero-order valence-corrected chi connectivity index (χ0v) is 7.15. The molecule has 9 heavy (non-hydrogen) atoms. The Balaban J connectivity index is 2.62. The van der Waals surface area contributed by atoms with Gasteiger partial charge in [-0.3, -0.25) is 0 Å². The summed E-state index contributed by atoms with van der Waals surface area (Å²) in [6.45, 7) is 0. The molecule has 54 valence electrons. The Bertz CT molecular complexity index is 114. The van der Waals surface area contributed by atoms with Crippen LogP contribution in [0, 0.1) is 0 Å². The van der Waals surface area contributed by atoms with Crippen LogP contribution in [0.15, 0.2) is 0 Å². The van der Waals surface area contributed by atoms with Gasteiger partial charge in [0.25, 0.3) is 0 Å². The lowest BCUT2D eigenvalue weighted by molar-refractivity contribution is 0.179. The van der Waals surface area contributed by atoms with Crippen molar-refractivity contribution in [3.05, 3.63) is 0 Å². The van der Waals surface area contributed by atoms with Crippen molar-refractivity contribution in [2.24, 2.45) is 0 Å². The van der Waals surface area contributed by atoms with Crippen molar-refractivity contribution in [3.63, 3.8) is 0 Å². The van der Waals surface area contributed by atoms with Gasteiger partial charge in [0.15, 0.2) is 0 Å². The predicted molar refractivity (Wildman–Crippen MR) is 38.6 cm³/mol. The van der Waals surface area contributed by atoms with Gasteiger partial charge in [0.05, 0.1) is 5.38 Å². The fourth-order valence-corrected chi connectivity index (χ4v) is 2.07. The minimum absolute atomic E-state index is 0.559. The van der Waals surface area contributed by atoms with Gasteiger partial charge in [0.1, 0.15) is 10.8 Å². The van der Waals surface area contributed by atoms with E-state index in [0.717, 1.165) is 0 Å². The Morgan fingerprint density at radius 1 is 1.11 bits per heavy atom. The number of hydrogen-bond acceptors (Lipinski definition) is 0. The molecular weight excluding hydrogens is 209 g/mol. The summed E-state index contributed by atoms with van der Waals surface area (Å²) in [6.07, 6.45) is 0. The van der Waals surface area contributed by atoms with Gasteiger partial charge in [0, 0.05) is 0 Å². The highest BCUT2D eigenvalue weighted by atomic mass is 35.5. The molecule has 0 radical (unpaired) electrons. The molecule has 2 atom stereocenters. The average Bonchev–Trinajstić information content (AvgIpc) is 1.84. The summed E-state index contributed by atoms with van der Waals surface area (Å²) in [6, 6.07) is 0. The summed E-state index contributed by atoms with van der Waals surface area (Å²) in [4.78, 5) is 0. The van der Waals surface area contributed by atoms with E-state index in [-0.39, 0.29) is 0 Å². The third kappa shape index (κ3) is 1.03. The first kappa shape index (κ1) is 8.19. The molecule has 1 aliphatic carbocycles. The second-order valence-electron chi connectivity index (χ2n) is 1.92. The van der Waals surface area contributed by atoms with Crippen LogP contribution in [0.2, 0.25) is 0 Å². The Hall–Kier alpha value is 1.09. The molecule has 0 aromatic carbocycles.